The first-order valence-electron chi connectivity index (χ1n) is 5.04. The number of rotatable bonds is 4. The highest BCUT2D eigenvalue weighted by Gasteiger charge is 2.15. The molecule has 0 N–H and O–H groups in total. The number of ketones is 1. The minimum atomic E-state index is 0.0693. The first kappa shape index (κ1) is 10.9. The second-order valence-corrected chi connectivity index (χ2v) is 4.12. The fraction of sp³-hybridized carbons (Fsp3) is 0.273. The van der Waals surface area contributed by atoms with Crippen molar-refractivity contribution in [3.05, 3.63) is 40.7 Å². The molecule has 4 nitrogen and oxygen atoms in total. The Morgan fingerprint density at radius 3 is 3.06 bits per heavy atom. The molecule has 0 aliphatic rings. The van der Waals surface area contributed by atoms with Crippen LogP contribution in [0.3, 0.4) is 0 Å². The number of hydrogen-bond acceptors (Lipinski definition) is 5. The van der Waals surface area contributed by atoms with Crippen LogP contribution in [-0.4, -0.2) is 20.4 Å². The van der Waals surface area contributed by atoms with E-state index in [2.05, 4.69) is 14.6 Å². The lowest BCUT2D eigenvalue weighted by molar-refractivity contribution is 0.0995. The zero-order valence-corrected chi connectivity index (χ0v) is 9.70. The van der Waals surface area contributed by atoms with Gasteiger partial charge in [-0.1, -0.05) is 17.5 Å². The molecule has 2 heterocycles. The molecule has 2 rings (SSSR count). The topological polar surface area (TPSA) is 55.7 Å². The second-order valence-electron chi connectivity index (χ2n) is 3.36. The maximum absolute atomic E-state index is 12.0. The SMILES string of the molecule is CCc1nnsc1C(=O)Cc1cccnc1. The Labute approximate surface area is 97.5 Å². The number of carbonyl (C=O) groups is 1. The van der Waals surface area contributed by atoms with E-state index >= 15 is 0 Å². The zero-order chi connectivity index (χ0) is 11.4. The van der Waals surface area contributed by atoms with Crippen molar-refractivity contribution in [2.24, 2.45) is 0 Å². The highest BCUT2D eigenvalue weighted by molar-refractivity contribution is 7.08. The number of aryl methyl sites for hydroxylation is 1. The van der Waals surface area contributed by atoms with Crippen molar-refractivity contribution in [2.75, 3.05) is 0 Å². The van der Waals surface area contributed by atoms with Gasteiger partial charge in [-0.15, -0.1) is 5.10 Å². The lowest BCUT2D eigenvalue weighted by Crippen LogP contribution is -2.04. The summed E-state index contributed by atoms with van der Waals surface area (Å²) in [6.45, 7) is 1.97. The van der Waals surface area contributed by atoms with Gasteiger partial charge in [0.15, 0.2) is 5.78 Å². The summed E-state index contributed by atoms with van der Waals surface area (Å²) in [5, 5.41) is 3.93. The second kappa shape index (κ2) is 4.94. The van der Waals surface area contributed by atoms with E-state index in [1.54, 1.807) is 12.4 Å². The molecule has 0 fully saturated rings. The number of hydrogen-bond donors (Lipinski definition) is 0. The van der Waals surface area contributed by atoms with Crippen molar-refractivity contribution in [1.29, 1.82) is 0 Å². The van der Waals surface area contributed by atoms with Crippen LogP contribution in [0.1, 0.15) is 27.9 Å². The molecular weight excluding hydrogens is 222 g/mol. The number of carbonyl (C=O) groups excluding carboxylic acids is 1. The summed E-state index contributed by atoms with van der Waals surface area (Å²) in [4.78, 5) is 16.6. The van der Waals surface area contributed by atoms with E-state index < -0.39 is 0 Å². The van der Waals surface area contributed by atoms with Gasteiger partial charge in [0.2, 0.25) is 0 Å². The van der Waals surface area contributed by atoms with Gasteiger partial charge in [0.1, 0.15) is 4.88 Å². The number of pyridine rings is 1. The van der Waals surface area contributed by atoms with Gasteiger partial charge in [-0.25, -0.2) is 0 Å². The standard InChI is InChI=1S/C11H11N3OS/c1-2-9-11(16-14-13-9)10(15)6-8-4-3-5-12-7-8/h3-5,7H,2,6H2,1H3. The van der Waals surface area contributed by atoms with E-state index in [0.29, 0.717) is 11.3 Å². The van der Waals surface area contributed by atoms with Gasteiger partial charge in [0.05, 0.1) is 5.69 Å². The summed E-state index contributed by atoms with van der Waals surface area (Å²) in [7, 11) is 0. The molecule has 16 heavy (non-hydrogen) atoms. The third kappa shape index (κ3) is 2.30. The monoisotopic (exact) mass is 233 g/mol. The molecule has 0 aliphatic heterocycles. The molecule has 0 atom stereocenters. The first-order chi connectivity index (χ1) is 7.81. The van der Waals surface area contributed by atoms with Crippen molar-refractivity contribution in [1.82, 2.24) is 14.6 Å². The van der Waals surface area contributed by atoms with Crippen molar-refractivity contribution >= 4 is 17.3 Å². The predicted molar refractivity (Wildman–Crippen MR) is 61.6 cm³/mol. The van der Waals surface area contributed by atoms with Crippen LogP contribution in [0.5, 0.6) is 0 Å². The lowest BCUT2D eigenvalue weighted by Gasteiger charge is -1.98. The summed E-state index contributed by atoms with van der Waals surface area (Å²) in [6.07, 6.45) is 4.51. The van der Waals surface area contributed by atoms with Crippen LogP contribution in [0.25, 0.3) is 0 Å². The zero-order valence-electron chi connectivity index (χ0n) is 8.88. The van der Waals surface area contributed by atoms with Gasteiger partial charge in [0, 0.05) is 18.8 Å². The molecule has 2 aromatic heterocycles. The van der Waals surface area contributed by atoms with Gasteiger partial charge in [-0.2, -0.15) is 0 Å². The van der Waals surface area contributed by atoms with Gasteiger partial charge < -0.3 is 0 Å². The molecule has 0 aliphatic carbocycles. The average Bonchev–Trinajstić information content (AvgIpc) is 2.78. The molecule has 0 spiro atoms. The first-order valence-corrected chi connectivity index (χ1v) is 5.82. The third-order valence-corrected chi connectivity index (χ3v) is 3.04. The molecular formula is C11H11N3OS. The van der Waals surface area contributed by atoms with Crippen LogP contribution >= 0.6 is 11.5 Å². The maximum Gasteiger partial charge on any atom is 0.180 e. The van der Waals surface area contributed by atoms with E-state index in [9.17, 15) is 4.79 Å². The molecule has 0 amide bonds. The molecule has 0 radical (unpaired) electrons. The van der Waals surface area contributed by atoms with Crippen LogP contribution in [0.15, 0.2) is 24.5 Å². The molecule has 82 valence electrons. The lowest BCUT2D eigenvalue weighted by atomic mass is 10.1. The van der Waals surface area contributed by atoms with Crippen LogP contribution < -0.4 is 0 Å². The minimum Gasteiger partial charge on any atom is -0.293 e. The quantitative estimate of drug-likeness (QED) is 0.757. The third-order valence-electron chi connectivity index (χ3n) is 2.23. The molecule has 0 bridgehead atoms. The Morgan fingerprint density at radius 2 is 2.38 bits per heavy atom. The molecule has 0 aromatic carbocycles. The van der Waals surface area contributed by atoms with Gasteiger partial charge in [-0.3, -0.25) is 9.78 Å². The Hall–Kier alpha value is -1.62. The number of Topliss-reactive ketones (excluding diaryl/α,β-unsaturated/α-hetero) is 1. The van der Waals surface area contributed by atoms with E-state index in [-0.39, 0.29) is 5.78 Å². The highest BCUT2D eigenvalue weighted by atomic mass is 32.1. The summed E-state index contributed by atoms with van der Waals surface area (Å²) < 4.78 is 3.81. The molecule has 2 aromatic rings. The summed E-state index contributed by atoms with van der Waals surface area (Å²) in [6, 6.07) is 3.72. The van der Waals surface area contributed by atoms with Crippen LogP contribution in [0.4, 0.5) is 0 Å². The fourth-order valence-electron chi connectivity index (χ4n) is 1.42. The van der Waals surface area contributed by atoms with E-state index in [0.717, 1.165) is 17.7 Å². The van der Waals surface area contributed by atoms with E-state index in [1.165, 1.54) is 11.5 Å². The Kier molecular flexibility index (Phi) is 3.36. The Morgan fingerprint density at radius 1 is 1.50 bits per heavy atom. The summed E-state index contributed by atoms with van der Waals surface area (Å²) >= 11 is 1.17. The average molecular weight is 233 g/mol. The molecule has 0 saturated heterocycles. The Balaban J connectivity index is 2.15. The van der Waals surface area contributed by atoms with Gasteiger partial charge in [0.25, 0.3) is 0 Å². The van der Waals surface area contributed by atoms with E-state index in [4.69, 9.17) is 0 Å². The summed E-state index contributed by atoms with van der Waals surface area (Å²) in [5.41, 5.74) is 1.71. The Bertz CT molecular complexity index is 481. The van der Waals surface area contributed by atoms with Crippen LogP contribution in [0, 0.1) is 0 Å². The smallest absolute Gasteiger partial charge is 0.180 e. The molecule has 0 saturated carbocycles. The minimum absolute atomic E-state index is 0.0693. The fourth-order valence-corrected chi connectivity index (χ4v) is 2.11. The predicted octanol–water partition coefficient (Wildman–Crippen LogP) is 1.92. The van der Waals surface area contributed by atoms with Gasteiger partial charge in [-0.05, 0) is 29.6 Å². The van der Waals surface area contributed by atoms with Crippen LogP contribution in [0.2, 0.25) is 0 Å². The van der Waals surface area contributed by atoms with Crippen molar-refractivity contribution in [2.45, 2.75) is 19.8 Å². The van der Waals surface area contributed by atoms with Crippen molar-refractivity contribution in [3.63, 3.8) is 0 Å². The van der Waals surface area contributed by atoms with Crippen molar-refractivity contribution < 1.29 is 4.79 Å². The van der Waals surface area contributed by atoms with E-state index in [1.807, 2.05) is 19.1 Å². The van der Waals surface area contributed by atoms with Crippen LogP contribution in [-0.2, 0) is 12.8 Å². The largest absolute Gasteiger partial charge is 0.293 e. The summed E-state index contributed by atoms with van der Waals surface area (Å²) in [5.74, 6) is 0.0693. The molecule has 5 heteroatoms. The van der Waals surface area contributed by atoms with Gasteiger partial charge >= 0.3 is 0 Å². The molecule has 0 unspecified atom stereocenters. The highest BCUT2D eigenvalue weighted by Crippen LogP contribution is 2.14. The number of nitrogens with zero attached hydrogens (tertiary/aromatic N) is 3. The van der Waals surface area contributed by atoms with Crippen molar-refractivity contribution in [3.8, 4) is 0 Å². The normalized spacial score (nSPS) is 10.3. The number of aromatic nitrogens is 3. The maximum atomic E-state index is 12.0.